The number of methoxy groups -OCH3 is 2. The fourth-order valence-electron chi connectivity index (χ4n) is 1.37. The average molecular weight is 210 g/mol. The number of benzene rings is 1. The van der Waals surface area contributed by atoms with Crippen molar-refractivity contribution in [3.05, 3.63) is 12.1 Å². The van der Waals surface area contributed by atoms with Crippen LogP contribution in [0, 0.1) is 0 Å². The van der Waals surface area contributed by atoms with Gasteiger partial charge < -0.3 is 20.5 Å². The number of nitrogens with two attached hydrogens (primary N) is 1. The van der Waals surface area contributed by atoms with Crippen LogP contribution in [0.3, 0.4) is 0 Å². The number of anilines is 2. The lowest BCUT2D eigenvalue weighted by molar-refractivity contribution is 0.356. The van der Waals surface area contributed by atoms with Crippen LogP contribution in [0.1, 0.15) is 13.3 Å². The van der Waals surface area contributed by atoms with E-state index in [0.29, 0.717) is 17.2 Å². The zero-order chi connectivity index (χ0) is 11.3. The Morgan fingerprint density at radius 2 is 2.00 bits per heavy atom. The SMILES string of the molecule is CCCNc1c(N)ccc(OC)c1OC. The Morgan fingerprint density at radius 3 is 2.53 bits per heavy atom. The first kappa shape index (κ1) is 11.5. The fraction of sp³-hybridized carbons (Fsp3) is 0.455. The van der Waals surface area contributed by atoms with Gasteiger partial charge in [0.2, 0.25) is 0 Å². The van der Waals surface area contributed by atoms with Crippen molar-refractivity contribution < 1.29 is 9.47 Å². The molecule has 0 aliphatic rings. The summed E-state index contributed by atoms with van der Waals surface area (Å²) in [5, 5.41) is 3.23. The zero-order valence-electron chi connectivity index (χ0n) is 9.46. The van der Waals surface area contributed by atoms with Gasteiger partial charge in [0, 0.05) is 6.54 Å². The van der Waals surface area contributed by atoms with E-state index >= 15 is 0 Å². The molecule has 3 N–H and O–H groups in total. The molecule has 15 heavy (non-hydrogen) atoms. The van der Waals surface area contributed by atoms with E-state index in [1.54, 1.807) is 26.4 Å². The highest BCUT2D eigenvalue weighted by Crippen LogP contribution is 2.39. The van der Waals surface area contributed by atoms with Gasteiger partial charge in [-0.25, -0.2) is 0 Å². The standard InChI is InChI=1S/C11H18N2O2/c1-4-7-13-10-8(12)5-6-9(14-2)11(10)15-3/h5-6,13H,4,7,12H2,1-3H3. The van der Waals surface area contributed by atoms with Crippen molar-refractivity contribution >= 4 is 11.4 Å². The predicted octanol–water partition coefficient (Wildman–Crippen LogP) is 2.11. The molecule has 0 spiro atoms. The van der Waals surface area contributed by atoms with E-state index in [1.165, 1.54) is 0 Å². The summed E-state index contributed by atoms with van der Waals surface area (Å²) in [4.78, 5) is 0. The van der Waals surface area contributed by atoms with E-state index in [4.69, 9.17) is 15.2 Å². The normalized spacial score (nSPS) is 9.80. The Labute approximate surface area is 90.4 Å². The Kier molecular flexibility index (Phi) is 4.09. The number of hydrogen-bond donors (Lipinski definition) is 2. The smallest absolute Gasteiger partial charge is 0.186 e. The highest BCUT2D eigenvalue weighted by molar-refractivity contribution is 5.77. The molecule has 4 heteroatoms. The second kappa shape index (κ2) is 5.34. The average Bonchev–Trinajstić information content (AvgIpc) is 2.27. The molecule has 0 heterocycles. The minimum atomic E-state index is 0.658. The maximum atomic E-state index is 5.86. The molecule has 84 valence electrons. The molecule has 0 aliphatic heterocycles. The zero-order valence-corrected chi connectivity index (χ0v) is 9.46. The maximum absolute atomic E-state index is 5.86. The minimum Gasteiger partial charge on any atom is -0.493 e. The lowest BCUT2D eigenvalue weighted by Crippen LogP contribution is -2.06. The molecule has 4 nitrogen and oxygen atoms in total. The number of hydrogen-bond acceptors (Lipinski definition) is 4. The van der Waals surface area contributed by atoms with Crippen LogP contribution in [0.4, 0.5) is 11.4 Å². The minimum absolute atomic E-state index is 0.658. The van der Waals surface area contributed by atoms with Gasteiger partial charge in [0.25, 0.3) is 0 Å². The van der Waals surface area contributed by atoms with Gasteiger partial charge >= 0.3 is 0 Å². The van der Waals surface area contributed by atoms with Crippen molar-refractivity contribution in [2.24, 2.45) is 0 Å². The summed E-state index contributed by atoms with van der Waals surface area (Å²) in [5.41, 5.74) is 7.34. The molecule has 0 bridgehead atoms. The summed E-state index contributed by atoms with van der Waals surface area (Å²) in [6, 6.07) is 3.60. The summed E-state index contributed by atoms with van der Waals surface area (Å²) < 4.78 is 10.5. The molecule has 0 radical (unpaired) electrons. The third kappa shape index (κ3) is 2.46. The van der Waals surface area contributed by atoms with Crippen LogP contribution in [0.5, 0.6) is 11.5 Å². The van der Waals surface area contributed by atoms with Crippen molar-refractivity contribution in [3.63, 3.8) is 0 Å². The molecule has 0 saturated heterocycles. The first-order chi connectivity index (χ1) is 7.24. The summed E-state index contributed by atoms with van der Waals surface area (Å²) in [6.45, 7) is 2.95. The van der Waals surface area contributed by atoms with Crippen LogP contribution in [0.2, 0.25) is 0 Å². The van der Waals surface area contributed by atoms with Crippen LogP contribution >= 0.6 is 0 Å². The van der Waals surface area contributed by atoms with Gasteiger partial charge in [-0.1, -0.05) is 6.92 Å². The van der Waals surface area contributed by atoms with Gasteiger partial charge in [-0.15, -0.1) is 0 Å². The molecule has 1 aromatic carbocycles. The third-order valence-corrected chi connectivity index (χ3v) is 2.13. The molecule has 0 unspecified atom stereocenters. The molecular formula is C11H18N2O2. The highest BCUT2D eigenvalue weighted by atomic mass is 16.5. The first-order valence-corrected chi connectivity index (χ1v) is 4.98. The van der Waals surface area contributed by atoms with E-state index < -0.39 is 0 Å². The lowest BCUT2D eigenvalue weighted by atomic mass is 10.2. The van der Waals surface area contributed by atoms with Gasteiger partial charge in [0.05, 0.1) is 19.9 Å². The van der Waals surface area contributed by atoms with Crippen molar-refractivity contribution in [2.75, 3.05) is 31.8 Å². The Balaban J connectivity index is 3.07. The number of nitrogen functional groups attached to an aromatic ring is 1. The van der Waals surface area contributed by atoms with Crippen LogP contribution in [-0.4, -0.2) is 20.8 Å². The quantitative estimate of drug-likeness (QED) is 0.731. The van der Waals surface area contributed by atoms with Crippen molar-refractivity contribution in [1.82, 2.24) is 0 Å². The number of rotatable bonds is 5. The van der Waals surface area contributed by atoms with Gasteiger partial charge in [-0.3, -0.25) is 0 Å². The van der Waals surface area contributed by atoms with Crippen molar-refractivity contribution in [3.8, 4) is 11.5 Å². The van der Waals surface area contributed by atoms with Gasteiger partial charge in [-0.05, 0) is 18.6 Å². The second-order valence-corrected chi connectivity index (χ2v) is 3.19. The molecule has 0 fully saturated rings. The molecular weight excluding hydrogens is 192 g/mol. The van der Waals surface area contributed by atoms with Crippen LogP contribution in [0.15, 0.2) is 12.1 Å². The molecule has 1 aromatic rings. The molecule has 0 saturated carbocycles. The van der Waals surface area contributed by atoms with E-state index in [1.807, 2.05) is 0 Å². The van der Waals surface area contributed by atoms with E-state index in [2.05, 4.69) is 12.2 Å². The summed E-state index contributed by atoms with van der Waals surface area (Å²) in [5.74, 6) is 1.34. The van der Waals surface area contributed by atoms with Gasteiger partial charge in [0.15, 0.2) is 11.5 Å². The molecule has 0 atom stereocenters. The van der Waals surface area contributed by atoms with Gasteiger partial charge in [0.1, 0.15) is 5.69 Å². The number of ether oxygens (including phenoxy) is 2. The van der Waals surface area contributed by atoms with Crippen LogP contribution in [0.25, 0.3) is 0 Å². The second-order valence-electron chi connectivity index (χ2n) is 3.19. The lowest BCUT2D eigenvalue weighted by Gasteiger charge is -2.15. The Bertz CT molecular complexity index is 327. The predicted molar refractivity (Wildman–Crippen MR) is 62.7 cm³/mol. The summed E-state index contributed by atoms with van der Waals surface area (Å²) >= 11 is 0. The Hall–Kier alpha value is -1.58. The molecule has 0 aliphatic carbocycles. The van der Waals surface area contributed by atoms with Crippen molar-refractivity contribution in [2.45, 2.75) is 13.3 Å². The molecule has 1 rings (SSSR count). The summed E-state index contributed by atoms with van der Waals surface area (Å²) in [7, 11) is 3.21. The van der Waals surface area contributed by atoms with E-state index in [-0.39, 0.29) is 0 Å². The monoisotopic (exact) mass is 210 g/mol. The number of nitrogens with one attached hydrogen (secondary N) is 1. The largest absolute Gasteiger partial charge is 0.493 e. The van der Waals surface area contributed by atoms with Crippen LogP contribution in [-0.2, 0) is 0 Å². The third-order valence-electron chi connectivity index (χ3n) is 2.13. The highest BCUT2D eigenvalue weighted by Gasteiger charge is 2.12. The molecule has 0 amide bonds. The van der Waals surface area contributed by atoms with E-state index in [9.17, 15) is 0 Å². The fourth-order valence-corrected chi connectivity index (χ4v) is 1.37. The summed E-state index contributed by atoms with van der Waals surface area (Å²) in [6.07, 6.45) is 1.03. The van der Waals surface area contributed by atoms with Crippen molar-refractivity contribution in [1.29, 1.82) is 0 Å². The van der Waals surface area contributed by atoms with E-state index in [0.717, 1.165) is 18.7 Å². The topological polar surface area (TPSA) is 56.5 Å². The molecule has 0 aromatic heterocycles. The van der Waals surface area contributed by atoms with Gasteiger partial charge in [-0.2, -0.15) is 0 Å². The first-order valence-electron chi connectivity index (χ1n) is 4.98. The Morgan fingerprint density at radius 1 is 1.27 bits per heavy atom. The van der Waals surface area contributed by atoms with Crippen LogP contribution < -0.4 is 20.5 Å². The maximum Gasteiger partial charge on any atom is 0.186 e.